The van der Waals surface area contributed by atoms with Gasteiger partial charge >= 0.3 is 0 Å². The van der Waals surface area contributed by atoms with Gasteiger partial charge in [0.2, 0.25) is 0 Å². The van der Waals surface area contributed by atoms with E-state index in [-0.39, 0.29) is 0 Å². The Kier molecular flexibility index (Phi) is 8.03. The van der Waals surface area contributed by atoms with Crippen LogP contribution in [-0.2, 0) is 0 Å². The van der Waals surface area contributed by atoms with E-state index in [4.69, 9.17) is 4.74 Å². The van der Waals surface area contributed by atoms with Gasteiger partial charge in [-0.3, -0.25) is 0 Å². The monoisotopic (exact) mass is 353 g/mol. The van der Waals surface area contributed by atoms with Crippen molar-refractivity contribution in [2.75, 3.05) is 18.6 Å². The largest absolute Gasteiger partial charge is 0.497 e. The fourth-order valence-corrected chi connectivity index (χ4v) is 3.80. The molecular formula is C24H35NO. The molecule has 0 saturated heterocycles. The van der Waals surface area contributed by atoms with Gasteiger partial charge in [-0.15, -0.1) is 0 Å². The summed E-state index contributed by atoms with van der Waals surface area (Å²) in [4.78, 5) is 2.48. The third-order valence-corrected chi connectivity index (χ3v) is 5.01. The van der Waals surface area contributed by atoms with Crippen molar-refractivity contribution in [1.82, 2.24) is 0 Å². The molecule has 2 heteroatoms. The standard InChI is InChI=1S/C24H35NO/c1-6-7-8-9-10-11-15-25(22-13-12-14-23(18-22)26-5)24-20(3)16-19(2)17-21(24)4/h12-14,16-18H,6-11,15H2,1-5H3. The Bertz CT molecular complexity index is 669. The summed E-state index contributed by atoms with van der Waals surface area (Å²) in [5, 5.41) is 0. The molecule has 2 aromatic rings. The van der Waals surface area contributed by atoms with Crippen molar-refractivity contribution in [3.8, 4) is 5.75 Å². The first-order valence-electron chi connectivity index (χ1n) is 10.1. The molecule has 0 amide bonds. The molecule has 26 heavy (non-hydrogen) atoms. The number of ether oxygens (including phenoxy) is 1. The lowest BCUT2D eigenvalue weighted by atomic mass is 10.0. The Balaban J connectivity index is 2.24. The average Bonchev–Trinajstić information content (AvgIpc) is 2.62. The van der Waals surface area contributed by atoms with Crippen molar-refractivity contribution in [2.24, 2.45) is 0 Å². The summed E-state index contributed by atoms with van der Waals surface area (Å²) in [6, 6.07) is 13.0. The van der Waals surface area contributed by atoms with E-state index in [1.54, 1.807) is 7.11 Å². The minimum atomic E-state index is 0.915. The Labute approximate surface area is 160 Å². The maximum Gasteiger partial charge on any atom is 0.120 e. The van der Waals surface area contributed by atoms with Crippen molar-refractivity contribution in [2.45, 2.75) is 66.2 Å². The van der Waals surface area contributed by atoms with Gasteiger partial charge in [0.1, 0.15) is 5.75 Å². The second-order valence-electron chi connectivity index (χ2n) is 7.37. The summed E-state index contributed by atoms with van der Waals surface area (Å²) >= 11 is 0. The van der Waals surface area contributed by atoms with Gasteiger partial charge < -0.3 is 9.64 Å². The van der Waals surface area contributed by atoms with E-state index in [1.165, 1.54) is 66.6 Å². The second-order valence-corrected chi connectivity index (χ2v) is 7.37. The number of methoxy groups -OCH3 is 1. The van der Waals surface area contributed by atoms with Gasteiger partial charge in [0, 0.05) is 24.0 Å². The molecular weight excluding hydrogens is 318 g/mol. The molecule has 0 aromatic heterocycles. The topological polar surface area (TPSA) is 12.5 Å². The zero-order chi connectivity index (χ0) is 18.9. The van der Waals surface area contributed by atoms with E-state index < -0.39 is 0 Å². The van der Waals surface area contributed by atoms with Crippen LogP contribution in [0.2, 0.25) is 0 Å². The Hall–Kier alpha value is -1.96. The van der Waals surface area contributed by atoms with Gasteiger partial charge in [-0.05, 0) is 50.5 Å². The summed E-state index contributed by atoms with van der Waals surface area (Å²) in [6.07, 6.45) is 7.87. The van der Waals surface area contributed by atoms with E-state index in [2.05, 4.69) is 62.9 Å². The lowest BCUT2D eigenvalue weighted by Gasteiger charge is -2.29. The van der Waals surface area contributed by atoms with Crippen LogP contribution >= 0.6 is 0 Å². The summed E-state index contributed by atoms with van der Waals surface area (Å²) in [5.74, 6) is 0.915. The number of rotatable bonds is 10. The molecule has 0 heterocycles. The Morgan fingerprint density at radius 3 is 2.15 bits per heavy atom. The highest BCUT2D eigenvalue weighted by Crippen LogP contribution is 2.34. The van der Waals surface area contributed by atoms with Crippen molar-refractivity contribution in [3.05, 3.63) is 53.1 Å². The predicted molar refractivity (Wildman–Crippen MR) is 114 cm³/mol. The smallest absolute Gasteiger partial charge is 0.120 e. The first-order valence-corrected chi connectivity index (χ1v) is 10.1. The third-order valence-electron chi connectivity index (χ3n) is 5.01. The molecule has 0 aliphatic rings. The molecule has 142 valence electrons. The molecule has 0 N–H and O–H groups in total. The van der Waals surface area contributed by atoms with E-state index in [1.807, 2.05) is 6.07 Å². The van der Waals surface area contributed by atoms with Crippen molar-refractivity contribution < 1.29 is 4.74 Å². The van der Waals surface area contributed by atoms with Crippen molar-refractivity contribution in [1.29, 1.82) is 0 Å². The van der Waals surface area contributed by atoms with Crippen LogP contribution in [0, 0.1) is 20.8 Å². The van der Waals surface area contributed by atoms with Crippen molar-refractivity contribution in [3.63, 3.8) is 0 Å². The van der Waals surface area contributed by atoms with E-state index >= 15 is 0 Å². The molecule has 0 saturated carbocycles. The van der Waals surface area contributed by atoms with Crippen LogP contribution in [0.15, 0.2) is 36.4 Å². The van der Waals surface area contributed by atoms with Gasteiger partial charge in [-0.1, -0.05) is 62.8 Å². The predicted octanol–water partition coefficient (Wildman–Crippen LogP) is 7.12. The van der Waals surface area contributed by atoms with Crippen LogP contribution in [0.3, 0.4) is 0 Å². The second kappa shape index (κ2) is 10.3. The zero-order valence-corrected chi connectivity index (χ0v) is 17.3. The van der Waals surface area contributed by atoms with Crippen LogP contribution in [-0.4, -0.2) is 13.7 Å². The summed E-state index contributed by atoms with van der Waals surface area (Å²) < 4.78 is 5.46. The molecule has 2 nitrogen and oxygen atoms in total. The molecule has 2 rings (SSSR count). The highest BCUT2D eigenvalue weighted by atomic mass is 16.5. The van der Waals surface area contributed by atoms with Gasteiger partial charge in [0.15, 0.2) is 0 Å². The van der Waals surface area contributed by atoms with Crippen molar-refractivity contribution >= 4 is 11.4 Å². The lowest BCUT2D eigenvalue weighted by Crippen LogP contribution is -2.20. The Morgan fingerprint density at radius 2 is 1.50 bits per heavy atom. The molecule has 0 fully saturated rings. The first-order chi connectivity index (χ1) is 12.6. The molecule has 0 unspecified atom stereocenters. The van der Waals surface area contributed by atoms with Gasteiger partial charge in [0.25, 0.3) is 0 Å². The molecule has 0 spiro atoms. The van der Waals surface area contributed by atoms with Gasteiger partial charge in [0.05, 0.1) is 7.11 Å². The molecule has 0 aliphatic heterocycles. The first kappa shape index (κ1) is 20.4. The molecule has 0 bridgehead atoms. The number of unbranched alkanes of at least 4 members (excludes halogenated alkanes) is 5. The number of anilines is 2. The SMILES string of the molecule is CCCCCCCCN(c1cccc(OC)c1)c1c(C)cc(C)cc1C. The summed E-state index contributed by atoms with van der Waals surface area (Å²) in [7, 11) is 1.74. The van der Waals surface area contributed by atoms with Gasteiger partial charge in [-0.2, -0.15) is 0 Å². The maximum absolute atomic E-state index is 5.46. The number of benzene rings is 2. The maximum atomic E-state index is 5.46. The van der Waals surface area contributed by atoms with Gasteiger partial charge in [-0.25, -0.2) is 0 Å². The van der Waals surface area contributed by atoms with E-state index in [0.29, 0.717) is 0 Å². The number of hydrogen-bond donors (Lipinski definition) is 0. The molecule has 2 aromatic carbocycles. The zero-order valence-electron chi connectivity index (χ0n) is 17.3. The summed E-state index contributed by atoms with van der Waals surface area (Å²) in [5.41, 5.74) is 6.58. The molecule has 0 aliphatic carbocycles. The number of hydrogen-bond acceptors (Lipinski definition) is 2. The fraction of sp³-hybridized carbons (Fsp3) is 0.500. The number of nitrogens with zero attached hydrogens (tertiary/aromatic N) is 1. The summed E-state index contributed by atoms with van der Waals surface area (Å²) in [6.45, 7) is 9.94. The lowest BCUT2D eigenvalue weighted by molar-refractivity contribution is 0.415. The third kappa shape index (κ3) is 5.52. The van der Waals surface area contributed by atoms with Crippen LogP contribution in [0.4, 0.5) is 11.4 Å². The highest BCUT2D eigenvalue weighted by Gasteiger charge is 2.15. The van der Waals surface area contributed by atoms with Crippen LogP contribution in [0.1, 0.15) is 62.1 Å². The highest BCUT2D eigenvalue weighted by molar-refractivity contribution is 5.71. The number of aryl methyl sites for hydroxylation is 3. The quantitative estimate of drug-likeness (QED) is 0.422. The van der Waals surface area contributed by atoms with Crippen LogP contribution in [0.25, 0.3) is 0 Å². The minimum Gasteiger partial charge on any atom is -0.497 e. The van der Waals surface area contributed by atoms with E-state index in [0.717, 1.165) is 12.3 Å². The van der Waals surface area contributed by atoms with Crippen LogP contribution < -0.4 is 9.64 Å². The average molecular weight is 354 g/mol. The normalized spacial score (nSPS) is 10.8. The minimum absolute atomic E-state index is 0.915. The molecule has 0 radical (unpaired) electrons. The Morgan fingerprint density at radius 1 is 0.846 bits per heavy atom. The fourth-order valence-electron chi connectivity index (χ4n) is 3.80. The molecule has 0 atom stereocenters. The van der Waals surface area contributed by atoms with Crippen LogP contribution in [0.5, 0.6) is 5.75 Å². The van der Waals surface area contributed by atoms with E-state index in [9.17, 15) is 0 Å².